The van der Waals surface area contributed by atoms with Gasteiger partial charge in [0.25, 0.3) is 0 Å². The van der Waals surface area contributed by atoms with Crippen molar-refractivity contribution in [3.63, 3.8) is 0 Å². The second kappa shape index (κ2) is 13.7. The van der Waals surface area contributed by atoms with Gasteiger partial charge in [0, 0.05) is 40.9 Å². The largest absolute Gasteiger partial charge is 0.403 e. The van der Waals surface area contributed by atoms with Crippen molar-refractivity contribution in [2.75, 3.05) is 43.1 Å². The summed E-state index contributed by atoms with van der Waals surface area (Å²) in [6, 6.07) is 9.48. The Bertz CT molecular complexity index is 1380. The van der Waals surface area contributed by atoms with Crippen LogP contribution in [0.3, 0.4) is 0 Å². The number of aliphatic imine (C=N–C) groups is 1. The van der Waals surface area contributed by atoms with Gasteiger partial charge in [-0.25, -0.2) is 9.37 Å². The van der Waals surface area contributed by atoms with E-state index in [0.29, 0.717) is 34.1 Å². The Morgan fingerprint density at radius 3 is 2.74 bits per heavy atom. The summed E-state index contributed by atoms with van der Waals surface area (Å²) in [5, 5.41) is 9.13. The van der Waals surface area contributed by atoms with Crippen LogP contribution in [0.25, 0.3) is 11.1 Å². The number of nitrogens with zero attached hydrogens (tertiary/aromatic N) is 4. The van der Waals surface area contributed by atoms with E-state index in [9.17, 15) is 9.18 Å². The number of likely N-dealkylation sites (N-methyl/N-ethyl adjacent to an activating group) is 1. The molecule has 1 amide bonds. The third-order valence-electron chi connectivity index (χ3n) is 5.03. The Hall–Kier alpha value is -3.80. The van der Waals surface area contributed by atoms with Crippen LogP contribution in [0, 0.1) is 5.82 Å². The van der Waals surface area contributed by atoms with E-state index in [-0.39, 0.29) is 17.5 Å². The standard InChI is InChI=1S/C26H27BrClFN8O/c1-4-24(38)33-17-6-8-22(29)23(12-17)35-25-19(16-5-7-20(27)21(28)11-16)15-32-26(36-25)34-18(13-30)14-31-9-10-37(2)3/h4-8,11-15H,1,9-10,30H2,2-3H3,(H,33,38)(H2,32,34,35,36)/b18-13+,31-14?. The molecule has 3 aromatic rings. The van der Waals surface area contributed by atoms with Gasteiger partial charge in [-0.1, -0.05) is 24.2 Å². The molecule has 5 N–H and O–H groups in total. The Balaban J connectivity index is 1.98. The quantitative estimate of drug-likeness (QED) is 0.171. The minimum absolute atomic E-state index is 0.0841. The van der Waals surface area contributed by atoms with E-state index in [1.807, 2.05) is 25.1 Å². The molecule has 2 aromatic carbocycles. The molecule has 0 radical (unpaired) electrons. The number of carbonyl (C=O) groups is 1. The second-order valence-corrected chi connectivity index (χ2v) is 9.44. The predicted octanol–water partition coefficient (Wildman–Crippen LogP) is 5.41. The number of nitrogens with one attached hydrogen (secondary N) is 3. The smallest absolute Gasteiger partial charge is 0.247 e. The summed E-state index contributed by atoms with van der Waals surface area (Å²) in [5.41, 5.74) is 7.95. The highest BCUT2D eigenvalue weighted by Crippen LogP contribution is 2.34. The summed E-state index contributed by atoms with van der Waals surface area (Å²) in [6.45, 7) is 4.79. The SMILES string of the molecule is C=CC(=O)Nc1ccc(F)c(Nc2nc(N/C(C=NCCN(C)C)=C/N)ncc2-c2ccc(Br)c(Cl)c2)c1. The molecule has 1 aromatic heterocycles. The maximum Gasteiger partial charge on any atom is 0.247 e. The number of hydrogen-bond acceptors (Lipinski definition) is 8. The molecular weight excluding hydrogens is 575 g/mol. The minimum atomic E-state index is -0.551. The van der Waals surface area contributed by atoms with Gasteiger partial charge in [-0.2, -0.15) is 4.98 Å². The molecule has 0 bridgehead atoms. The fourth-order valence-corrected chi connectivity index (χ4v) is 3.53. The first-order chi connectivity index (χ1) is 18.2. The van der Waals surface area contributed by atoms with Crippen molar-refractivity contribution in [3.05, 3.63) is 82.5 Å². The first kappa shape index (κ1) is 28.8. The Morgan fingerprint density at radius 2 is 2.05 bits per heavy atom. The molecule has 9 nitrogen and oxygen atoms in total. The Kier molecular flexibility index (Phi) is 10.3. The number of amides is 1. The highest BCUT2D eigenvalue weighted by Gasteiger charge is 2.14. The average Bonchev–Trinajstić information content (AvgIpc) is 2.89. The van der Waals surface area contributed by atoms with E-state index in [2.05, 4.69) is 53.4 Å². The zero-order valence-electron chi connectivity index (χ0n) is 20.8. The fraction of sp³-hybridized carbons (Fsp3) is 0.154. The summed E-state index contributed by atoms with van der Waals surface area (Å²) in [6.07, 6.45) is 5.65. The zero-order valence-corrected chi connectivity index (χ0v) is 23.1. The van der Waals surface area contributed by atoms with E-state index in [1.165, 1.54) is 24.4 Å². The number of nitrogens with two attached hydrogens (primary N) is 1. The van der Waals surface area contributed by atoms with Crippen LogP contribution in [-0.2, 0) is 4.79 Å². The van der Waals surface area contributed by atoms with Crippen LogP contribution in [0.1, 0.15) is 0 Å². The molecule has 0 unspecified atom stereocenters. The average molecular weight is 602 g/mol. The molecule has 0 fully saturated rings. The van der Waals surface area contributed by atoms with Crippen molar-refractivity contribution >= 4 is 62.8 Å². The highest BCUT2D eigenvalue weighted by atomic mass is 79.9. The molecule has 0 aliphatic rings. The van der Waals surface area contributed by atoms with E-state index in [0.717, 1.165) is 17.1 Å². The van der Waals surface area contributed by atoms with Crippen LogP contribution in [-0.4, -0.2) is 54.2 Å². The molecule has 1 heterocycles. The third-order valence-corrected chi connectivity index (χ3v) is 6.27. The molecule has 0 aliphatic carbocycles. The van der Waals surface area contributed by atoms with Gasteiger partial charge < -0.3 is 26.6 Å². The molecule has 38 heavy (non-hydrogen) atoms. The number of anilines is 4. The molecule has 12 heteroatoms. The minimum Gasteiger partial charge on any atom is -0.403 e. The molecule has 0 aliphatic heterocycles. The van der Waals surface area contributed by atoms with Crippen molar-refractivity contribution in [2.45, 2.75) is 0 Å². The summed E-state index contributed by atoms with van der Waals surface area (Å²) >= 11 is 9.70. The van der Waals surface area contributed by atoms with Gasteiger partial charge in [-0.3, -0.25) is 9.79 Å². The van der Waals surface area contributed by atoms with Crippen LogP contribution >= 0.6 is 27.5 Å². The zero-order chi connectivity index (χ0) is 27.7. The number of hydrogen-bond donors (Lipinski definition) is 4. The lowest BCUT2D eigenvalue weighted by molar-refractivity contribution is -0.111. The number of halogens is 3. The normalized spacial score (nSPS) is 11.6. The van der Waals surface area contributed by atoms with Crippen molar-refractivity contribution in [3.8, 4) is 11.1 Å². The van der Waals surface area contributed by atoms with Gasteiger partial charge in [0.1, 0.15) is 11.6 Å². The Labute approximate surface area is 233 Å². The lowest BCUT2D eigenvalue weighted by Crippen LogP contribution is -2.16. The van der Waals surface area contributed by atoms with E-state index < -0.39 is 11.7 Å². The van der Waals surface area contributed by atoms with Gasteiger partial charge in [0.15, 0.2) is 0 Å². The van der Waals surface area contributed by atoms with Crippen molar-refractivity contribution in [2.24, 2.45) is 10.7 Å². The first-order valence-corrected chi connectivity index (χ1v) is 12.5. The molecule has 0 saturated carbocycles. The van der Waals surface area contributed by atoms with E-state index >= 15 is 0 Å². The lowest BCUT2D eigenvalue weighted by atomic mass is 10.1. The number of carbonyl (C=O) groups excluding carboxylic acids is 1. The predicted molar refractivity (Wildman–Crippen MR) is 156 cm³/mol. The summed E-state index contributed by atoms with van der Waals surface area (Å²) < 4.78 is 15.5. The Morgan fingerprint density at radius 1 is 1.26 bits per heavy atom. The van der Waals surface area contributed by atoms with Crippen LogP contribution in [0.5, 0.6) is 0 Å². The maximum atomic E-state index is 14.8. The van der Waals surface area contributed by atoms with Gasteiger partial charge >= 0.3 is 0 Å². The van der Waals surface area contributed by atoms with Gasteiger partial charge in [-0.05, 0) is 72.0 Å². The molecule has 198 valence electrons. The van der Waals surface area contributed by atoms with Gasteiger partial charge in [0.05, 0.1) is 23.0 Å². The van der Waals surface area contributed by atoms with Crippen LogP contribution in [0.4, 0.5) is 27.5 Å². The topological polar surface area (TPSA) is 121 Å². The summed E-state index contributed by atoms with van der Waals surface area (Å²) in [5.74, 6) is -0.487. The monoisotopic (exact) mass is 600 g/mol. The van der Waals surface area contributed by atoms with E-state index in [4.69, 9.17) is 17.3 Å². The molecule has 0 saturated heterocycles. The van der Waals surface area contributed by atoms with Crippen molar-refractivity contribution in [1.82, 2.24) is 14.9 Å². The number of allylic oxidation sites excluding steroid dienone is 1. The third kappa shape index (κ3) is 8.10. The number of rotatable bonds is 11. The van der Waals surface area contributed by atoms with Crippen LogP contribution < -0.4 is 21.7 Å². The number of benzene rings is 2. The molecule has 0 spiro atoms. The van der Waals surface area contributed by atoms with Crippen molar-refractivity contribution < 1.29 is 9.18 Å². The van der Waals surface area contributed by atoms with Gasteiger partial charge in [0.2, 0.25) is 11.9 Å². The molecule has 0 atom stereocenters. The van der Waals surface area contributed by atoms with Gasteiger partial charge in [-0.15, -0.1) is 0 Å². The van der Waals surface area contributed by atoms with Crippen LogP contribution in [0.2, 0.25) is 5.02 Å². The van der Waals surface area contributed by atoms with Crippen LogP contribution in [0.15, 0.2) is 76.6 Å². The summed E-state index contributed by atoms with van der Waals surface area (Å²) in [4.78, 5) is 27.0. The highest BCUT2D eigenvalue weighted by molar-refractivity contribution is 9.10. The van der Waals surface area contributed by atoms with Crippen molar-refractivity contribution in [1.29, 1.82) is 0 Å². The molecular formula is C26H27BrClFN8O. The molecule has 3 rings (SSSR count). The summed E-state index contributed by atoms with van der Waals surface area (Å²) in [7, 11) is 3.92. The first-order valence-electron chi connectivity index (χ1n) is 11.4. The van der Waals surface area contributed by atoms with E-state index in [1.54, 1.807) is 24.5 Å². The lowest BCUT2D eigenvalue weighted by Gasteiger charge is -2.15. The second-order valence-electron chi connectivity index (χ2n) is 8.18. The number of aromatic nitrogens is 2. The fourth-order valence-electron chi connectivity index (χ4n) is 3.10. The maximum absolute atomic E-state index is 14.8.